The summed E-state index contributed by atoms with van der Waals surface area (Å²) in [6.45, 7) is 0.577. The molecule has 3 nitrogen and oxygen atoms in total. The van der Waals surface area contributed by atoms with Crippen LogP contribution in [0.2, 0.25) is 0 Å². The van der Waals surface area contributed by atoms with Crippen molar-refractivity contribution in [2.75, 3.05) is 12.4 Å². The van der Waals surface area contributed by atoms with E-state index in [1.165, 1.54) is 0 Å². The third kappa shape index (κ3) is 2.74. The molecule has 1 aromatic carbocycles. The van der Waals surface area contributed by atoms with E-state index in [0.29, 0.717) is 18.1 Å². The highest BCUT2D eigenvalue weighted by Gasteiger charge is 2.10. The van der Waals surface area contributed by atoms with E-state index in [4.69, 9.17) is 11.6 Å². The van der Waals surface area contributed by atoms with Gasteiger partial charge in [-0.1, -0.05) is 24.3 Å². The van der Waals surface area contributed by atoms with Gasteiger partial charge in [0, 0.05) is 24.0 Å². The molecule has 1 heterocycles. The normalized spacial score (nSPS) is 10.4. The standard InChI is InChI=1S/C13H13ClN2O/c14-7-3-8-16-13(17)12-11-5-2-1-4-10(11)6-9-15-12/h1-2,4-6,9H,3,7-8H2,(H,16,17). The van der Waals surface area contributed by atoms with Gasteiger partial charge in [0.1, 0.15) is 5.69 Å². The molecule has 0 bridgehead atoms. The maximum absolute atomic E-state index is 11.9. The lowest BCUT2D eigenvalue weighted by Gasteiger charge is -2.06. The molecular weight excluding hydrogens is 236 g/mol. The summed E-state index contributed by atoms with van der Waals surface area (Å²) < 4.78 is 0. The highest BCUT2D eigenvalue weighted by molar-refractivity contribution is 6.17. The molecular formula is C13H13ClN2O. The van der Waals surface area contributed by atoms with E-state index in [1.807, 2.05) is 30.3 Å². The number of benzene rings is 1. The Morgan fingerprint density at radius 3 is 2.94 bits per heavy atom. The number of carbonyl (C=O) groups is 1. The smallest absolute Gasteiger partial charge is 0.270 e. The molecule has 4 heteroatoms. The van der Waals surface area contributed by atoms with Gasteiger partial charge in [-0.05, 0) is 17.9 Å². The summed E-state index contributed by atoms with van der Waals surface area (Å²) in [7, 11) is 0. The largest absolute Gasteiger partial charge is 0.351 e. The minimum atomic E-state index is -0.146. The van der Waals surface area contributed by atoms with Gasteiger partial charge in [-0.15, -0.1) is 11.6 Å². The monoisotopic (exact) mass is 248 g/mol. The van der Waals surface area contributed by atoms with Crippen LogP contribution in [0.15, 0.2) is 36.5 Å². The van der Waals surface area contributed by atoms with Crippen molar-refractivity contribution in [2.45, 2.75) is 6.42 Å². The van der Waals surface area contributed by atoms with Crippen molar-refractivity contribution in [3.63, 3.8) is 0 Å². The van der Waals surface area contributed by atoms with Crippen LogP contribution in [-0.4, -0.2) is 23.3 Å². The summed E-state index contributed by atoms with van der Waals surface area (Å²) >= 11 is 5.56. The van der Waals surface area contributed by atoms with Gasteiger partial charge < -0.3 is 5.32 Å². The van der Waals surface area contributed by atoms with Crippen LogP contribution < -0.4 is 5.32 Å². The zero-order chi connectivity index (χ0) is 12.1. The van der Waals surface area contributed by atoms with E-state index in [2.05, 4.69) is 10.3 Å². The Labute approximate surface area is 105 Å². The van der Waals surface area contributed by atoms with Crippen molar-refractivity contribution in [1.82, 2.24) is 10.3 Å². The second-order valence-corrected chi connectivity index (χ2v) is 4.06. The highest BCUT2D eigenvalue weighted by Crippen LogP contribution is 2.15. The molecule has 1 aromatic heterocycles. The Morgan fingerprint density at radius 1 is 1.29 bits per heavy atom. The summed E-state index contributed by atoms with van der Waals surface area (Å²) in [5, 5.41) is 4.70. The lowest BCUT2D eigenvalue weighted by molar-refractivity contribution is 0.0950. The SMILES string of the molecule is O=C(NCCCCl)c1nccc2ccccc12. The Hall–Kier alpha value is -1.61. The maximum atomic E-state index is 11.9. The molecule has 0 aliphatic carbocycles. The second kappa shape index (κ2) is 5.64. The van der Waals surface area contributed by atoms with Gasteiger partial charge in [0.2, 0.25) is 0 Å². The number of nitrogens with zero attached hydrogens (tertiary/aromatic N) is 1. The van der Waals surface area contributed by atoms with Gasteiger partial charge in [0.05, 0.1) is 0 Å². The topological polar surface area (TPSA) is 42.0 Å². The van der Waals surface area contributed by atoms with Crippen LogP contribution >= 0.6 is 11.6 Å². The minimum Gasteiger partial charge on any atom is -0.351 e. The van der Waals surface area contributed by atoms with E-state index in [9.17, 15) is 4.79 Å². The Kier molecular flexibility index (Phi) is 3.94. The van der Waals surface area contributed by atoms with Crippen LogP contribution in [0.4, 0.5) is 0 Å². The molecule has 0 unspecified atom stereocenters. The summed E-state index contributed by atoms with van der Waals surface area (Å²) in [4.78, 5) is 16.1. The average molecular weight is 249 g/mol. The number of rotatable bonds is 4. The van der Waals surface area contributed by atoms with E-state index < -0.39 is 0 Å². The van der Waals surface area contributed by atoms with Crippen LogP contribution in [0, 0.1) is 0 Å². The maximum Gasteiger partial charge on any atom is 0.270 e. The number of pyridine rings is 1. The third-order valence-corrected chi connectivity index (χ3v) is 2.75. The van der Waals surface area contributed by atoms with Gasteiger partial charge in [0.15, 0.2) is 0 Å². The molecule has 0 aliphatic rings. The number of fused-ring (bicyclic) bond motifs is 1. The van der Waals surface area contributed by atoms with Crippen molar-refractivity contribution in [3.05, 3.63) is 42.2 Å². The minimum absolute atomic E-state index is 0.146. The number of carbonyl (C=O) groups excluding carboxylic acids is 1. The molecule has 0 fully saturated rings. The van der Waals surface area contributed by atoms with Crippen molar-refractivity contribution < 1.29 is 4.79 Å². The molecule has 88 valence electrons. The molecule has 1 N–H and O–H groups in total. The first-order chi connectivity index (χ1) is 8.33. The molecule has 0 aliphatic heterocycles. The fourth-order valence-corrected chi connectivity index (χ4v) is 1.79. The number of aromatic nitrogens is 1. The molecule has 0 saturated carbocycles. The van der Waals surface area contributed by atoms with Crippen LogP contribution in [0.25, 0.3) is 10.8 Å². The summed E-state index contributed by atoms with van der Waals surface area (Å²) in [5.74, 6) is 0.399. The number of halogens is 1. The van der Waals surface area contributed by atoms with Crippen molar-refractivity contribution in [3.8, 4) is 0 Å². The van der Waals surface area contributed by atoms with Crippen molar-refractivity contribution in [2.24, 2.45) is 0 Å². The Morgan fingerprint density at radius 2 is 2.12 bits per heavy atom. The number of amides is 1. The number of hydrogen-bond donors (Lipinski definition) is 1. The third-order valence-electron chi connectivity index (χ3n) is 2.48. The number of nitrogens with one attached hydrogen (secondary N) is 1. The van der Waals surface area contributed by atoms with Gasteiger partial charge >= 0.3 is 0 Å². The predicted octanol–water partition coefficient (Wildman–Crippen LogP) is 2.59. The quantitative estimate of drug-likeness (QED) is 0.668. The summed E-state index contributed by atoms with van der Waals surface area (Å²) in [5.41, 5.74) is 0.470. The first-order valence-electron chi connectivity index (χ1n) is 5.51. The molecule has 2 aromatic rings. The van der Waals surface area contributed by atoms with Crippen LogP contribution in [0.5, 0.6) is 0 Å². The first kappa shape index (κ1) is 11.9. The fourth-order valence-electron chi connectivity index (χ4n) is 1.65. The average Bonchev–Trinajstić information content (AvgIpc) is 2.38. The first-order valence-corrected chi connectivity index (χ1v) is 6.04. The van der Waals surface area contributed by atoms with Gasteiger partial charge in [-0.25, -0.2) is 0 Å². The van der Waals surface area contributed by atoms with Gasteiger partial charge in [-0.2, -0.15) is 0 Å². The lowest BCUT2D eigenvalue weighted by Crippen LogP contribution is -2.25. The fraction of sp³-hybridized carbons (Fsp3) is 0.231. The Balaban J connectivity index is 2.26. The Bertz CT molecular complexity index is 522. The molecule has 17 heavy (non-hydrogen) atoms. The van der Waals surface area contributed by atoms with E-state index in [-0.39, 0.29) is 5.91 Å². The van der Waals surface area contributed by atoms with Crippen LogP contribution in [-0.2, 0) is 0 Å². The number of alkyl halides is 1. The second-order valence-electron chi connectivity index (χ2n) is 3.68. The van der Waals surface area contributed by atoms with E-state index >= 15 is 0 Å². The molecule has 0 saturated heterocycles. The van der Waals surface area contributed by atoms with Crippen molar-refractivity contribution >= 4 is 28.3 Å². The predicted molar refractivity (Wildman–Crippen MR) is 69.4 cm³/mol. The molecule has 1 amide bonds. The summed E-state index contributed by atoms with van der Waals surface area (Å²) in [6.07, 6.45) is 2.41. The lowest BCUT2D eigenvalue weighted by atomic mass is 10.1. The molecule has 0 spiro atoms. The van der Waals surface area contributed by atoms with Gasteiger partial charge in [-0.3, -0.25) is 9.78 Å². The molecule has 0 radical (unpaired) electrons. The van der Waals surface area contributed by atoms with E-state index in [0.717, 1.165) is 17.2 Å². The van der Waals surface area contributed by atoms with Gasteiger partial charge in [0.25, 0.3) is 5.91 Å². The van der Waals surface area contributed by atoms with E-state index in [1.54, 1.807) is 6.20 Å². The summed E-state index contributed by atoms with van der Waals surface area (Å²) in [6, 6.07) is 9.60. The van der Waals surface area contributed by atoms with Crippen molar-refractivity contribution in [1.29, 1.82) is 0 Å². The number of hydrogen-bond acceptors (Lipinski definition) is 2. The van der Waals surface area contributed by atoms with Crippen LogP contribution in [0.3, 0.4) is 0 Å². The molecule has 0 atom stereocenters. The zero-order valence-corrected chi connectivity index (χ0v) is 10.1. The zero-order valence-electron chi connectivity index (χ0n) is 9.32. The highest BCUT2D eigenvalue weighted by atomic mass is 35.5. The molecule has 2 rings (SSSR count). The van der Waals surface area contributed by atoms with Crippen LogP contribution in [0.1, 0.15) is 16.9 Å².